The van der Waals surface area contributed by atoms with Crippen molar-refractivity contribution in [2.24, 2.45) is 5.73 Å². The number of hydrogen-bond acceptors (Lipinski definition) is 4. The summed E-state index contributed by atoms with van der Waals surface area (Å²) in [6, 6.07) is 10.3. The van der Waals surface area contributed by atoms with Crippen LogP contribution in [0.5, 0.6) is 17.2 Å². The Bertz CT molecular complexity index is 682. The summed E-state index contributed by atoms with van der Waals surface area (Å²) in [5.74, 6) is 2.14. The molecule has 2 aromatic rings. The highest BCUT2D eigenvalue weighted by Gasteiger charge is 2.33. The molecule has 110 valence electrons. The van der Waals surface area contributed by atoms with Gasteiger partial charge in [0.25, 0.3) is 0 Å². The smallest absolute Gasteiger partial charge is 0.203 e. The monoisotopic (exact) mass is 285 g/mol. The molecule has 0 spiro atoms. The summed E-state index contributed by atoms with van der Waals surface area (Å²) in [5.41, 5.74) is 10.6. The van der Waals surface area contributed by atoms with Gasteiger partial charge >= 0.3 is 0 Å². The highest BCUT2D eigenvalue weighted by molar-refractivity contribution is 5.87. The van der Waals surface area contributed by atoms with Crippen LogP contribution in [0.15, 0.2) is 30.3 Å². The molecule has 1 atom stereocenters. The zero-order chi connectivity index (χ0) is 15.0. The Hall–Kier alpha value is -2.20. The molecule has 3 rings (SSSR count). The Balaban J connectivity index is 2.36. The Kier molecular flexibility index (Phi) is 3.47. The molecule has 2 aromatic carbocycles. The average Bonchev–Trinajstić information content (AvgIpc) is 2.86. The fourth-order valence-corrected chi connectivity index (χ4v) is 3.18. The van der Waals surface area contributed by atoms with Gasteiger partial charge in [-0.3, -0.25) is 0 Å². The van der Waals surface area contributed by atoms with E-state index in [2.05, 4.69) is 12.1 Å². The van der Waals surface area contributed by atoms with Gasteiger partial charge in [-0.1, -0.05) is 24.3 Å². The molecule has 0 saturated carbocycles. The minimum atomic E-state index is 0.157. The van der Waals surface area contributed by atoms with Crippen LogP contribution in [0.4, 0.5) is 0 Å². The van der Waals surface area contributed by atoms with Crippen molar-refractivity contribution in [2.75, 3.05) is 27.9 Å². The van der Waals surface area contributed by atoms with E-state index in [9.17, 15) is 0 Å². The van der Waals surface area contributed by atoms with Gasteiger partial charge in [-0.2, -0.15) is 0 Å². The van der Waals surface area contributed by atoms with Crippen molar-refractivity contribution in [3.63, 3.8) is 0 Å². The molecule has 1 unspecified atom stereocenters. The van der Waals surface area contributed by atoms with Crippen molar-refractivity contribution in [3.8, 4) is 28.4 Å². The van der Waals surface area contributed by atoms with Crippen molar-refractivity contribution < 1.29 is 14.2 Å². The lowest BCUT2D eigenvalue weighted by Gasteiger charge is -2.17. The van der Waals surface area contributed by atoms with E-state index in [1.807, 2.05) is 18.2 Å². The number of rotatable bonds is 4. The Morgan fingerprint density at radius 1 is 0.952 bits per heavy atom. The molecule has 0 heterocycles. The van der Waals surface area contributed by atoms with E-state index in [1.165, 1.54) is 5.56 Å². The van der Waals surface area contributed by atoms with E-state index in [0.717, 1.165) is 16.7 Å². The zero-order valence-corrected chi connectivity index (χ0v) is 12.5. The van der Waals surface area contributed by atoms with Crippen LogP contribution in [0.1, 0.15) is 17.0 Å². The largest absolute Gasteiger partial charge is 0.493 e. The summed E-state index contributed by atoms with van der Waals surface area (Å²) in [6.07, 6.45) is 0. The molecule has 0 saturated heterocycles. The summed E-state index contributed by atoms with van der Waals surface area (Å²) in [4.78, 5) is 0. The van der Waals surface area contributed by atoms with Crippen LogP contribution in [0.25, 0.3) is 11.1 Å². The van der Waals surface area contributed by atoms with E-state index >= 15 is 0 Å². The van der Waals surface area contributed by atoms with Crippen molar-refractivity contribution in [1.29, 1.82) is 0 Å². The SMILES string of the molecule is COc1cc2c(c(OC)c1OC)-c1ccccc1C2CN. The fourth-order valence-electron chi connectivity index (χ4n) is 3.18. The molecule has 0 aromatic heterocycles. The molecule has 0 amide bonds. The normalized spacial score (nSPS) is 15.3. The first-order valence-electron chi connectivity index (χ1n) is 6.89. The summed E-state index contributed by atoms with van der Waals surface area (Å²) in [6.45, 7) is 0.544. The van der Waals surface area contributed by atoms with E-state index < -0.39 is 0 Å². The van der Waals surface area contributed by atoms with Crippen LogP contribution < -0.4 is 19.9 Å². The van der Waals surface area contributed by atoms with Crippen molar-refractivity contribution >= 4 is 0 Å². The molecule has 1 aliphatic rings. The molecule has 0 bridgehead atoms. The first-order chi connectivity index (χ1) is 10.3. The standard InChI is InChI=1S/C17H19NO3/c1-19-14-8-12-13(9-18)10-6-4-5-7-11(10)15(12)17(21-3)16(14)20-2/h4-8,13H,9,18H2,1-3H3. The third-order valence-corrected chi connectivity index (χ3v) is 4.08. The number of ether oxygens (including phenoxy) is 3. The summed E-state index contributed by atoms with van der Waals surface area (Å²) >= 11 is 0. The average molecular weight is 285 g/mol. The van der Waals surface area contributed by atoms with Gasteiger partial charge in [-0.15, -0.1) is 0 Å². The highest BCUT2D eigenvalue weighted by atomic mass is 16.5. The third-order valence-electron chi connectivity index (χ3n) is 4.08. The van der Waals surface area contributed by atoms with Crippen LogP contribution in [0.2, 0.25) is 0 Å². The van der Waals surface area contributed by atoms with E-state index in [1.54, 1.807) is 21.3 Å². The molecule has 2 N–H and O–H groups in total. The van der Waals surface area contributed by atoms with Crippen LogP contribution in [0.3, 0.4) is 0 Å². The van der Waals surface area contributed by atoms with Gasteiger partial charge < -0.3 is 19.9 Å². The highest BCUT2D eigenvalue weighted by Crippen LogP contribution is 2.54. The Morgan fingerprint density at radius 2 is 1.67 bits per heavy atom. The van der Waals surface area contributed by atoms with Crippen LogP contribution in [0, 0.1) is 0 Å². The van der Waals surface area contributed by atoms with E-state index in [-0.39, 0.29) is 5.92 Å². The first-order valence-corrected chi connectivity index (χ1v) is 6.89. The number of hydrogen-bond donors (Lipinski definition) is 1. The molecule has 4 nitrogen and oxygen atoms in total. The van der Waals surface area contributed by atoms with Gasteiger partial charge in [0.1, 0.15) is 0 Å². The van der Waals surface area contributed by atoms with E-state index in [4.69, 9.17) is 19.9 Å². The molecular weight excluding hydrogens is 266 g/mol. The van der Waals surface area contributed by atoms with Gasteiger partial charge in [-0.25, -0.2) is 0 Å². The molecule has 1 aliphatic carbocycles. The zero-order valence-electron chi connectivity index (χ0n) is 12.5. The van der Waals surface area contributed by atoms with Gasteiger partial charge in [0.2, 0.25) is 5.75 Å². The van der Waals surface area contributed by atoms with Gasteiger partial charge in [-0.05, 0) is 22.8 Å². The number of nitrogens with two attached hydrogens (primary N) is 1. The first kappa shape index (κ1) is 13.8. The second kappa shape index (κ2) is 5.30. The maximum Gasteiger partial charge on any atom is 0.203 e. The predicted molar refractivity (Wildman–Crippen MR) is 82.4 cm³/mol. The second-order valence-electron chi connectivity index (χ2n) is 4.99. The quantitative estimate of drug-likeness (QED) is 0.938. The fraction of sp³-hybridized carbons (Fsp3) is 0.294. The predicted octanol–water partition coefficient (Wildman–Crippen LogP) is 2.78. The van der Waals surface area contributed by atoms with Crippen LogP contribution in [-0.4, -0.2) is 27.9 Å². The lowest BCUT2D eigenvalue weighted by molar-refractivity contribution is 0.325. The van der Waals surface area contributed by atoms with Crippen molar-refractivity contribution in [2.45, 2.75) is 5.92 Å². The maximum absolute atomic E-state index is 6.00. The van der Waals surface area contributed by atoms with Gasteiger partial charge in [0.05, 0.1) is 21.3 Å². The minimum absolute atomic E-state index is 0.157. The Labute approximate surface area is 124 Å². The van der Waals surface area contributed by atoms with Gasteiger partial charge in [0, 0.05) is 18.0 Å². The number of fused-ring (bicyclic) bond motifs is 3. The summed E-state index contributed by atoms with van der Waals surface area (Å²) in [7, 11) is 4.90. The topological polar surface area (TPSA) is 53.7 Å². The molecule has 0 fully saturated rings. The van der Waals surface area contributed by atoms with Crippen molar-refractivity contribution in [3.05, 3.63) is 41.5 Å². The Morgan fingerprint density at radius 3 is 2.29 bits per heavy atom. The summed E-state index contributed by atoms with van der Waals surface area (Å²) in [5, 5.41) is 0. The molecular formula is C17H19NO3. The molecule has 21 heavy (non-hydrogen) atoms. The van der Waals surface area contributed by atoms with Crippen LogP contribution >= 0.6 is 0 Å². The third kappa shape index (κ3) is 1.87. The maximum atomic E-state index is 6.00. The second-order valence-corrected chi connectivity index (χ2v) is 4.99. The van der Waals surface area contributed by atoms with Gasteiger partial charge in [0.15, 0.2) is 11.5 Å². The van der Waals surface area contributed by atoms with E-state index in [0.29, 0.717) is 23.8 Å². The van der Waals surface area contributed by atoms with Crippen molar-refractivity contribution in [1.82, 2.24) is 0 Å². The molecule has 4 heteroatoms. The lowest BCUT2D eigenvalue weighted by Crippen LogP contribution is -2.11. The number of benzene rings is 2. The summed E-state index contributed by atoms with van der Waals surface area (Å²) < 4.78 is 16.6. The number of methoxy groups -OCH3 is 3. The minimum Gasteiger partial charge on any atom is -0.493 e. The molecule has 0 aliphatic heterocycles. The molecule has 0 radical (unpaired) electrons. The lowest BCUT2D eigenvalue weighted by atomic mass is 9.97. The van der Waals surface area contributed by atoms with Crippen LogP contribution in [-0.2, 0) is 0 Å².